The first-order valence-corrected chi connectivity index (χ1v) is 14.0. The molecule has 5 fully saturated rings. The van der Waals surface area contributed by atoms with Crippen LogP contribution in [-0.2, 0) is 14.3 Å². The van der Waals surface area contributed by atoms with E-state index in [9.17, 15) is 4.79 Å². The molecule has 1 aliphatic heterocycles. The first kappa shape index (κ1) is 23.3. The number of carbonyl (C=O) groups is 1. The van der Waals surface area contributed by atoms with Crippen LogP contribution >= 0.6 is 0 Å². The standard InChI is InChI=1S/C29H48O3/c1-19(2)7-6-8-20(3)23-9-10-24-22-18-29(31-15-16-32-29)26-17-21(30)11-13-28(26,5)25(22)12-14-27(23,24)4/h19-20,22-26H,6-18H2,1-5H3/t20-,22+,23-,24+,25+,26-,27-,28-/m1/s1. The third-order valence-corrected chi connectivity index (χ3v) is 11.5. The minimum Gasteiger partial charge on any atom is -0.347 e. The molecule has 0 aromatic rings. The van der Waals surface area contributed by atoms with Gasteiger partial charge in [0.05, 0.1) is 13.2 Å². The zero-order valence-corrected chi connectivity index (χ0v) is 21.5. The van der Waals surface area contributed by atoms with Crippen LogP contribution in [0.3, 0.4) is 0 Å². The van der Waals surface area contributed by atoms with Crippen LogP contribution in [0.4, 0.5) is 0 Å². The highest BCUT2D eigenvalue weighted by atomic mass is 16.7. The summed E-state index contributed by atoms with van der Waals surface area (Å²) in [5.41, 5.74) is 0.676. The van der Waals surface area contributed by atoms with E-state index in [0.717, 1.165) is 48.9 Å². The maximum absolute atomic E-state index is 12.5. The van der Waals surface area contributed by atoms with Crippen molar-refractivity contribution in [2.24, 2.45) is 52.3 Å². The van der Waals surface area contributed by atoms with Crippen molar-refractivity contribution in [1.29, 1.82) is 0 Å². The van der Waals surface area contributed by atoms with Crippen molar-refractivity contribution >= 4 is 5.78 Å². The smallest absolute Gasteiger partial charge is 0.172 e. The summed E-state index contributed by atoms with van der Waals surface area (Å²) in [4.78, 5) is 12.5. The fourth-order valence-corrected chi connectivity index (χ4v) is 9.92. The van der Waals surface area contributed by atoms with Crippen LogP contribution in [0, 0.1) is 52.3 Å². The van der Waals surface area contributed by atoms with Crippen molar-refractivity contribution in [3.05, 3.63) is 0 Å². The molecule has 32 heavy (non-hydrogen) atoms. The Morgan fingerprint density at radius 1 is 0.938 bits per heavy atom. The Kier molecular flexibility index (Phi) is 6.10. The molecule has 4 saturated carbocycles. The SMILES string of the molecule is CC(C)CCC[C@@H](C)[C@H]1CC[C@H]2[C@@H]3CC4(OCCO4)[C@@H]4CC(=O)CC[C@]4(C)[C@H]3CC[C@]12C. The Hall–Kier alpha value is -0.410. The molecule has 1 spiro atoms. The molecule has 0 aromatic heterocycles. The Labute approximate surface area is 196 Å². The number of Topliss-reactive ketones (excluding diaryl/α,β-unsaturated/α-hetero) is 1. The highest BCUT2D eigenvalue weighted by Gasteiger charge is 2.67. The van der Waals surface area contributed by atoms with Gasteiger partial charge in [0.15, 0.2) is 5.79 Å². The van der Waals surface area contributed by atoms with Gasteiger partial charge in [-0.05, 0) is 78.4 Å². The molecule has 0 aromatic carbocycles. The number of hydrogen-bond donors (Lipinski definition) is 0. The van der Waals surface area contributed by atoms with Gasteiger partial charge in [-0.3, -0.25) is 4.79 Å². The van der Waals surface area contributed by atoms with Gasteiger partial charge in [0.1, 0.15) is 5.78 Å². The fourth-order valence-electron chi connectivity index (χ4n) is 9.92. The lowest BCUT2D eigenvalue weighted by atomic mass is 9.43. The van der Waals surface area contributed by atoms with Gasteiger partial charge in [-0.25, -0.2) is 0 Å². The van der Waals surface area contributed by atoms with Gasteiger partial charge >= 0.3 is 0 Å². The van der Waals surface area contributed by atoms with Crippen molar-refractivity contribution in [3.8, 4) is 0 Å². The lowest BCUT2D eigenvalue weighted by Crippen LogP contribution is -2.63. The lowest BCUT2D eigenvalue weighted by molar-refractivity contribution is -0.289. The molecule has 0 unspecified atom stereocenters. The van der Waals surface area contributed by atoms with E-state index in [1.54, 1.807) is 0 Å². The van der Waals surface area contributed by atoms with Crippen molar-refractivity contribution in [2.45, 2.75) is 111 Å². The first-order valence-electron chi connectivity index (χ1n) is 14.0. The van der Waals surface area contributed by atoms with E-state index >= 15 is 0 Å². The second kappa shape index (κ2) is 8.36. The van der Waals surface area contributed by atoms with Crippen LogP contribution in [0.2, 0.25) is 0 Å². The number of rotatable bonds is 5. The average Bonchev–Trinajstić information content (AvgIpc) is 3.34. The highest BCUT2D eigenvalue weighted by molar-refractivity contribution is 5.80. The Bertz CT molecular complexity index is 709. The van der Waals surface area contributed by atoms with Gasteiger partial charge in [0.2, 0.25) is 0 Å². The van der Waals surface area contributed by atoms with Gasteiger partial charge in [-0.15, -0.1) is 0 Å². The Morgan fingerprint density at radius 3 is 2.38 bits per heavy atom. The molecule has 1 heterocycles. The lowest BCUT2D eigenvalue weighted by Gasteiger charge is -2.64. The summed E-state index contributed by atoms with van der Waals surface area (Å²) in [6.07, 6.45) is 13.3. The van der Waals surface area contributed by atoms with Gasteiger partial charge in [-0.2, -0.15) is 0 Å². The van der Waals surface area contributed by atoms with E-state index in [-0.39, 0.29) is 11.3 Å². The van der Waals surface area contributed by atoms with Gasteiger partial charge in [0, 0.05) is 25.2 Å². The average molecular weight is 445 g/mol. The molecule has 3 nitrogen and oxygen atoms in total. The number of hydrogen-bond acceptors (Lipinski definition) is 3. The molecular weight excluding hydrogens is 396 g/mol. The summed E-state index contributed by atoms with van der Waals surface area (Å²) in [7, 11) is 0. The van der Waals surface area contributed by atoms with Gasteiger partial charge in [-0.1, -0.05) is 53.9 Å². The van der Waals surface area contributed by atoms with Gasteiger partial charge < -0.3 is 9.47 Å². The number of ether oxygens (including phenoxy) is 2. The zero-order valence-electron chi connectivity index (χ0n) is 21.5. The van der Waals surface area contributed by atoms with Crippen LogP contribution in [0.5, 0.6) is 0 Å². The monoisotopic (exact) mass is 444 g/mol. The third kappa shape index (κ3) is 3.55. The Morgan fingerprint density at radius 2 is 1.66 bits per heavy atom. The number of carbonyl (C=O) groups excluding carboxylic acids is 1. The second-order valence-corrected chi connectivity index (χ2v) is 13.4. The quantitative estimate of drug-likeness (QED) is 0.456. The number of fused-ring (bicyclic) bond motifs is 6. The topological polar surface area (TPSA) is 35.5 Å². The predicted molar refractivity (Wildman–Crippen MR) is 128 cm³/mol. The first-order chi connectivity index (χ1) is 15.2. The molecule has 1 saturated heterocycles. The molecular formula is C29H48O3. The molecule has 5 aliphatic rings. The van der Waals surface area contributed by atoms with Crippen molar-refractivity contribution < 1.29 is 14.3 Å². The normalized spacial score (nSPS) is 46.2. The summed E-state index contributed by atoms with van der Waals surface area (Å²) >= 11 is 0. The fraction of sp³-hybridized carbons (Fsp3) is 0.966. The third-order valence-electron chi connectivity index (χ3n) is 11.5. The van der Waals surface area contributed by atoms with E-state index in [0.29, 0.717) is 36.8 Å². The van der Waals surface area contributed by atoms with Crippen LogP contribution in [0.25, 0.3) is 0 Å². The number of ketones is 1. The molecule has 4 aliphatic carbocycles. The zero-order chi connectivity index (χ0) is 22.7. The van der Waals surface area contributed by atoms with E-state index in [4.69, 9.17) is 9.47 Å². The maximum Gasteiger partial charge on any atom is 0.172 e. The van der Waals surface area contributed by atoms with Crippen LogP contribution < -0.4 is 0 Å². The van der Waals surface area contributed by atoms with E-state index in [1.807, 2.05) is 0 Å². The molecule has 0 amide bonds. The minimum atomic E-state index is -0.481. The summed E-state index contributed by atoms with van der Waals surface area (Å²) in [5, 5.41) is 0. The Balaban J connectivity index is 1.40. The van der Waals surface area contributed by atoms with Gasteiger partial charge in [0.25, 0.3) is 0 Å². The molecule has 0 N–H and O–H groups in total. The van der Waals surface area contributed by atoms with Crippen LogP contribution in [-0.4, -0.2) is 24.8 Å². The van der Waals surface area contributed by atoms with E-state index in [1.165, 1.54) is 44.9 Å². The molecule has 182 valence electrons. The summed E-state index contributed by atoms with van der Waals surface area (Å²) in [6, 6.07) is 0. The molecule has 5 rings (SSSR count). The van der Waals surface area contributed by atoms with Crippen molar-refractivity contribution in [3.63, 3.8) is 0 Å². The second-order valence-electron chi connectivity index (χ2n) is 13.4. The summed E-state index contributed by atoms with van der Waals surface area (Å²) in [6.45, 7) is 13.9. The van der Waals surface area contributed by atoms with Crippen LogP contribution in [0.1, 0.15) is 105 Å². The molecule has 0 radical (unpaired) electrons. The summed E-state index contributed by atoms with van der Waals surface area (Å²) in [5.74, 6) is 5.00. The largest absolute Gasteiger partial charge is 0.347 e. The van der Waals surface area contributed by atoms with Crippen molar-refractivity contribution in [1.82, 2.24) is 0 Å². The maximum atomic E-state index is 12.5. The predicted octanol–water partition coefficient (Wildman–Crippen LogP) is 7.03. The van der Waals surface area contributed by atoms with E-state index < -0.39 is 5.79 Å². The van der Waals surface area contributed by atoms with E-state index in [2.05, 4.69) is 34.6 Å². The molecule has 0 bridgehead atoms. The van der Waals surface area contributed by atoms with Crippen LogP contribution in [0.15, 0.2) is 0 Å². The molecule has 3 heteroatoms. The van der Waals surface area contributed by atoms with Crippen molar-refractivity contribution in [2.75, 3.05) is 13.2 Å². The minimum absolute atomic E-state index is 0.198. The highest BCUT2D eigenvalue weighted by Crippen LogP contribution is 2.70. The summed E-state index contributed by atoms with van der Waals surface area (Å²) < 4.78 is 12.9. The molecule has 8 atom stereocenters.